The molecular formula is C18H31N5O2. The van der Waals surface area contributed by atoms with Gasteiger partial charge in [0.05, 0.1) is 19.0 Å². The van der Waals surface area contributed by atoms with E-state index in [1.165, 1.54) is 0 Å². The van der Waals surface area contributed by atoms with Crippen LogP contribution < -0.4 is 0 Å². The molecule has 0 aliphatic carbocycles. The Morgan fingerprint density at radius 2 is 1.88 bits per heavy atom. The van der Waals surface area contributed by atoms with E-state index in [4.69, 9.17) is 5.26 Å². The Morgan fingerprint density at radius 3 is 2.44 bits per heavy atom. The molecule has 0 N–H and O–H groups in total. The van der Waals surface area contributed by atoms with Gasteiger partial charge in [0.15, 0.2) is 0 Å². The van der Waals surface area contributed by atoms with Gasteiger partial charge in [0.2, 0.25) is 11.8 Å². The van der Waals surface area contributed by atoms with Crippen LogP contribution in [0.25, 0.3) is 0 Å². The van der Waals surface area contributed by atoms with Crippen molar-refractivity contribution in [2.45, 2.75) is 33.2 Å². The van der Waals surface area contributed by atoms with Crippen LogP contribution in [0.5, 0.6) is 0 Å². The van der Waals surface area contributed by atoms with E-state index >= 15 is 0 Å². The molecule has 7 heteroatoms. The first-order valence-corrected chi connectivity index (χ1v) is 9.32. The lowest BCUT2D eigenvalue weighted by atomic mass is 10.0. The highest BCUT2D eigenvalue weighted by Gasteiger charge is 2.36. The van der Waals surface area contributed by atoms with Gasteiger partial charge in [-0.25, -0.2) is 0 Å². The maximum absolute atomic E-state index is 12.5. The van der Waals surface area contributed by atoms with E-state index in [1.54, 1.807) is 11.8 Å². The zero-order valence-corrected chi connectivity index (χ0v) is 15.8. The summed E-state index contributed by atoms with van der Waals surface area (Å²) in [7, 11) is 0. The predicted molar refractivity (Wildman–Crippen MR) is 95.7 cm³/mol. The molecule has 2 atom stereocenters. The first kappa shape index (κ1) is 19.7. The van der Waals surface area contributed by atoms with Crippen molar-refractivity contribution in [3.8, 4) is 6.07 Å². The largest absolute Gasteiger partial charge is 0.341 e. The number of hydrogen-bond donors (Lipinski definition) is 0. The second-order valence-corrected chi connectivity index (χ2v) is 7.16. The minimum Gasteiger partial charge on any atom is -0.341 e. The average molecular weight is 349 g/mol. The van der Waals surface area contributed by atoms with E-state index in [1.807, 2.05) is 11.8 Å². The number of piperazine rings is 1. The normalized spacial score (nSPS) is 25.0. The van der Waals surface area contributed by atoms with Crippen LogP contribution in [0.15, 0.2) is 0 Å². The van der Waals surface area contributed by atoms with Gasteiger partial charge in [-0.1, -0.05) is 6.92 Å². The lowest BCUT2D eigenvalue weighted by molar-refractivity contribution is -0.132. The van der Waals surface area contributed by atoms with Gasteiger partial charge in [0.1, 0.15) is 0 Å². The smallest absolute Gasteiger partial charge is 0.236 e. The Labute approximate surface area is 151 Å². The lowest BCUT2D eigenvalue weighted by Gasteiger charge is -2.39. The number of nitrogens with zero attached hydrogens (tertiary/aromatic N) is 5. The summed E-state index contributed by atoms with van der Waals surface area (Å²) < 4.78 is 0. The first-order valence-electron chi connectivity index (χ1n) is 9.32. The van der Waals surface area contributed by atoms with Crippen molar-refractivity contribution < 1.29 is 9.59 Å². The molecular weight excluding hydrogens is 318 g/mol. The van der Waals surface area contributed by atoms with Crippen molar-refractivity contribution in [3.05, 3.63) is 0 Å². The molecule has 25 heavy (non-hydrogen) atoms. The Morgan fingerprint density at radius 1 is 1.20 bits per heavy atom. The zero-order valence-electron chi connectivity index (χ0n) is 15.8. The van der Waals surface area contributed by atoms with E-state index in [2.05, 4.69) is 22.8 Å². The second-order valence-electron chi connectivity index (χ2n) is 7.16. The maximum atomic E-state index is 12.5. The molecule has 2 aliphatic rings. The molecule has 140 valence electrons. The van der Waals surface area contributed by atoms with Gasteiger partial charge >= 0.3 is 0 Å². The number of hydrogen-bond acceptors (Lipinski definition) is 5. The van der Waals surface area contributed by atoms with Gasteiger partial charge in [0, 0.05) is 65.3 Å². The number of likely N-dealkylation sites (N-methyl/N-ethyl adjacent to an activating group) is 1. The van der Waals surface area contributed by atoms with Gasteiger partial charge < -0.3 is 9.80 Å². The lowest BCUT2D eigenvalue weighted by Crippen LogP contribution is -2.53. The molecule has 2 rings (SSSR count). The van der Waals surface area contributed by atoms with Crippen LogP contribution in [0.4, 0.5) is 0 Å². The van der Waals surface area contributed by atoms with Crippen LogP contribution in [-0.2, 0) is 9.59 Å². The molecule has 2 aliphatic heterocycles. The van der Waals surface area contributed by atoms with Crippen molar-refractivity contribution in [2.24, 2.45) is 5.92 Å². The third-order valence-electron chi connectivity index (χ3n) is 5.46. The van der Waals surface area contributed by atoms with Crippen LogP contribution in [-0.4, -0.2) is 96.4 Å². The molecule has 2 amide bonds. The van der Waals surface area contributed by atoms with Gasteiger partial charge in [-0.3, -0.25) is 19.4 Å². The predicted octanol–water partition coefficient (Wildman–Crippen LogP) is 0.233. The number of carbonyl (C=O) groups excluding carboxylic acids is 2. The Kier molecular flexibility index (Phi) is 7.21. The molecule has 0 spiro atoms. The van der Waals surface area contributed by atoms with Crippen LogP contribution in [0, 0.1) is 17.2 Å². The summed E-state index contributed by atoms with van der Waals surface area (Å²) in [5.74, 6) is 0.793. The van der Waals surface area contributed by atoms with Crippen molar-refractivity contribution in [1.82, 2.24) is 19.6 Å². The third-order valence-corrected chi connectivity index (χ3v) is 5.46. The third kappa shape index (κ3) is 5.16. The summed E-state index contributed by atoms with van der Waals surface area (Å²) in [6.45, 7) is 12.7. The highest BCUT2D eigenvalue weighted by molar-refractivity contribution is 5.78. The monoisotopic (exact) mass is 349 g/mol. The van der Waals surface area contributed by atoms with Gasteiger partial charge in [-0.2, -0.15) is 5.26 Å². The fraction of sp³-hybridized carbons (Fsp3) is 0.833. The molecule has 2 heterocycles. The Bertz CT molecular complexity index is 510. The number of rotatable bonds is 6. The Hall–Kier alpha value is -1.65. The summed E-state index contributed by atoms with van der Waals surface area (Å²) in [5, 5.41) is 8.71. The number of nitriles is 1. The van der Waals surface area contributed by atoms with Gasteiger partial charge in [0.25, 0.3) is 0 Å². The summed E-state index contributed by atoms with van der Waals surface area (Å²) in [6, 6.07) is 2.56. The highest BCUT2D eigenvalue weighted by atomic mass is 16.2. The molecule has 7 nitrogen and oxygen atoms in total. The molecule has 2 unspecified atom stereocenters. The fourth-order valence-corrected chi connectivity index (χ4v) is 3.96. The van der Waals surface area contributed by atoms with E-state index in [9.17, 15) is 9.59 Å². The maximum Gasteiger partial charge on any atom is 0.236 e. The summed E-state index contributed by atoms with van der Waals surface area (Å²) >= 11 is 0. The first-order chi connectivity index (χ1) is 12.0. The summed E-state index contributed by atoms with van der Waals surface area (Å²) in [5.41, 5.74) is 0. The minimum absolute atomic E-state index is 0.118. The Balaban J connectivity index is 1.83. The van der Waals surface area contributed by atoms with E-state index in [0.717, 1.165) is 39.3 Å². The van der Waals surface area contributed by atoms with Crippen LogP contribution in [0.3, 0.4) is 0 Å². The molecule has 0 bridgehead atoms. The van der Waals surface area contributed by atoms with E-state index in [0.29, 0.717) is 38.0 Å². The highest BCUT2D eigenvalue weighted by Crippen LogP contribution is 2.23. The zero-order chi connectivity index (χ0) is 18.4. The number of amides is 2. The van der Waals surface area contributed by atoms with Gasteiger partial charge in [-0.15, -0.1) is 0 Å². The average Bonchev–Trinajstić information content (AvgIpc) is 2.95. The molecule has 2 fully saturated rings. The molecule has 0 aromatic rings. The number of likely N-dealkylation sites (tertiary alicyclic amines) is 1. The number of carbonyl (C=O) groups is 2. The second kappa shape index (κ2) is 9.16. The molecule has 0 radical (unpaired) electrons. The van der Waals surface area contributed by atoms with E-state index in [-0.39, 0.29) is 11.8 Å². The SMILES string of the molecule is CCN(CCC#N)C(=O)CN1CC(C)C(N2CCN(C(C)=O)CC2)C1. The van der Waals surface area contributed by atoms with Crippen LogP contribution in [0.1, 0.15) is 27.2 Å². The molecule has 2 saturated heterocycles. The molecule has 0 aromatic carbocycles. The molecule has 0 aromatic heterocycles. The standard InChI is InChI=1S/C18H31N5O2/c1-4-21(7-5-6-19)18(25)14-20-12-15(2)17(13-20)23-10-8-22(9-11-23)16(3)24/h15,17H,4-5,7-14H2,1-3H3. The van der Waals surface area contributed by atoms with Crippen molar-refractivity contribution in [1.29, 1.82) is 5.26 Å². The van der Waals surface area contributed by atoms with Crippen molar-refractivity contribution in [2.75, 3.05) is 58.9 Å². The summed E-state index contributed by atoms with van der Waals surface area (Å²) in [4.78, 5) is 32.3. The summed E-state index contributed by atoms with van der Waals surface area (Å²) in [6.07, 6.45) is 0.388. The van der Waals surface area contributed by atoms with Crippen LogP contribution >= 0.6 is 0 Å². The van der Waals surface area contributed by atoms with Crippen LogP contribution in [0.2, 0.25) is 0 Å². The quantitative estimate of drug-likeness (QED) is 0.687. The topological polar surface area (TPSA) is 70.9 Å². The molecule has 0 saturated carbocycles. The van der Waals surface area contributed by atoms with Crippen molar-refractivity contribution in [3.63, 3.8) is 0 Å². The van der Waals surface area contributed by atoms with Crippen molar-refractivity contribution >= 4 is 11.8 Å². The minimum atomic E-state index is 0.118. The fourth-order valence-electron chi connectivity index (χ4n) is 3.96. The van der Waals surface area contributed by atoms with E-state index < -0.39 is 0 Å². The van der Waals surface area contributed by atoms with Gasteiger partial charge in [-0.05, 0) is 12.8 Å².